The van der Waals surface area contributed by atoms with Crippen molar-refractivity contribution >= 4 is 0 Å². The molecule has 0 aliphatic carbocycles. The molecule has 10 nitrogen and oxygen atoms in total. The maximum atomic E-state index is 9.72. The minimum atomic E-state index is -0.959. The topological polar surface area (TPSA) is 151 Å². The highest BCUT2D eigenvalue weighted by Gasteiger charge is 2.07. The molecule has 0 saturated heterocycles. The summed E-state index contributed by atoms with van der Waals surface area (Å²) in [6.45, 7) is 1.22. The molecule has 0 heterocycles. The molecule has 0 spiro atoms. The van der Waals surface area contributed by atoms with E-state index in [9.17, 15) is 20.2 Å². The molecule has 10 heteroatoms. The van der Waals surface area contributed by atoms with Crippen molar-refractivity contribution in [1.29, 1.82) is 0 Å². The lowest BCUT2D eigenvalue weighted by molar-refractivity contribution is -0.773. The second-order valence-electron chi connectivity index (χ2n) is 1.99. The summed E-state index contributed by atoms with van der Waals surface area (Å²) in [5, 5.41) is 23.9. The first-order valence-corrected chi connectivity index (χ1v) is 3.36. The fourth-order valence-corrected chi connectivity index (χ4v) is 0.493. The van der Waals surface area contributed by atoms with E-state index in [0.717, 1.165) is 0 Å². The Labute approximate surface area is 78.4 Å². The molecule has 0 rings (SSSR count). The smallest absolute Gasteiger partial charge is 0.294 e. The van der Waals surface area contributed by atoms with Crippen molar-refractivity contribution in [3.8, 4) is 0 Å². The van der Waals surface area contributed by atoms with Gasteiger partial charge in [0.2, 0.25) is 0 Å². The maximum Gasteiger partial charge on any atom is 0.294 e. The minimum absolute atomic E-state index is 0.0992. The van der Waals surface area contributed by atoms with E-state index in [2.05, 4.69) is 15.6 Å². The molecule has 0 saturated carbocycles. The van der Waals surface area contributed by atoms with Crippen molar-refractivity contribution < 1.29 is 25.1 Å². The van der Waals surface area contributed by atoms with Gasteiger partial charge in [-0.2, -0.15) is 0 Å². The van der Waals surface area contributed by atoms with Gasteiger partial charge in [0.05, 0.1) is 6.61 Å². The van der Waals surface area contributed by atoms with Crippen LogP contribution in [0.5, 0.6) is 0 Å². The molecule has 0 aromatic heterocycles. The molecule has 1 unspecified atom stereocenters. The minimum Gasteiger partial charge on any atom is -0.320 e. The molecule has 0 aromatic carbocycles. The Kier molecular flexibility index (Phi) is 9.96. The SMILES string of the molecule is CC(CCO[N+](=O)[O-])O[N+](=O)[O-].NO. The van der Waals surface area contributed by atoms with Crippen LogP contribution in [-0.4, -0.2) is 28.1 Å². The summed E-state index contributed by atoms with van der Waals surface area (Å²) >= 11 is 0. The van der Waals surface area contributed by atoms with Crippen LogP contribution in [0, 0.1) is 20.2 Å². The zero-order chi connectivity index (χ0) is 11.6. The summed E-state index contributed by atoms with van der Waals surface area (Å²) < 4.78 is 0. The van der Waals surface area contributed by atoms with Gasteiger partial charge in [-0.15, -0.1) is 20.2 Å². The van der Waals surface area contributed by atoms with E-state index >= 15 is 0 Å². The van der Waals surface area contributed by atoms with Crippen LogP contribution in [0.2, 0.25) is 0 Å². The Hall–Kier alpha value is -1.68. The highest BCUT2D eigenvalue weighted by atomic mass is 17.0. The van der Waals surface area contributed by atoms with Gasteiger partial charge in [0, 0.05) is 0 Å². The van der Waals surface area contributed by atoms with E-state index in [1.807, 2.05) is 0 Å². The lowest BCUT2D eigenvalue weighted by Gasteiger charge is -2.06. The summed E-state index contributed by atoms with van der Waals surface area (Å²) in [6, 6.07) is 0. The van der Waals surface area contributed by atoms with E-state index in [0.29, 0.717) is 0 Å². The predicted molar refractivity (Wildman–Crippen MR) is 41.1 cm³/mol. The first-order valence-electron chi connectivity index (χ1n) is 3.36. The third-order valence-corrected chi connectivity index (χ3v) is 0.987. The van der Waals surface area contributed by atoms with Crippen LogP contribution in [0.3, 0.4) is 0 Å². The van der Waals surface area contributed by atoms with E-state index < -0.39 is 16.3 Å². The second kappa shape index (κ2) is 9.41. The van der Waals surface area contributed by atoms with Crippen LogP contribution in [-0.2, 0) is 9.68 Å². The highest BCUT2D eigenvalue weighted by Crippen LogP contribution is 1.97. The predicted octanol–water partition coefficient (Wildman–Crippen LogP) is -0.484. The first kappa shape index (κ1) is 14.8. The first-order chi connectivity index (χ1) is 6.52. The van der Waals surface area contributed by atoms with Crippen molar-refractivity contribution in [2.24, 2.45) is 5.90 Å². The van der Waals surface area contributed by atoms with E-state index in [1.165, 1.54) is 6.92 Å². The van der Waals surface area contributed by atoms with Gasteiger partial charge in [-0.1, -0.05) is 0 Å². The van der Waals surface area contributed by atoms with Crippen LogP contribution in [0.25, 0.3) is 0 Å². The van der Waals surface area contributed by atoms with Gasteiger partial charge in [0.1, 0.15) is 6.10 Å². The van der Waals surface area contributed by atoms with Gasteiger partial charge < -0.3 is 14.9 Å². The van der Waals surface area contributed by atoms with Gasteiger partial charge >= 0.3 is 0 Å². The Morgan fingerprint density at radius 1 is 1.36 bits per heavy atom. The molecule has 3 N–H and O–H groups in total. The fourth-order valence-electron chi connectivity index (χ4n) is 0.493. The van der Waals surface area contributed by atoms with Crippen LogP contribution in [0.4, 0.5) is 0 Å². The monoisotopic (exact) mass is 213 g/mol. The number of hydrogen-bond acceptors (Lipinski definition) is 8. The lowest BCUT2D eigenvalue weighted by atomic mass is 10.3. The van der Waals surface area contributed by atoms with E-state index in [-0.39, 0.29) is 13.0 Å². The Balaban J connectivity index is 0. The Morgan fingerprint density at radius 3 is 2.21 bits per heavy atom. The number of nitrogens with two attached hydrogens (primary N) is 1. The molecule has 0 aliphatic rings. The number of rotatable bonds is 6. The van der Waals surface area contributed by atoms with Crippen LogP contribution in [0.1, 0.15) is 13.3 Å². The van der Waals surface area contributed by atoms with E-state index in [1.54, 1.807) is 0 Å². The second-order valence-corrected chi connectivity index (χ2v) is 1.99. The van der Waals surface area contributed by atoms with Crippen molar-refractivity contribution in [2.45, 2.75) is 19.4 Å². The summed E-state index contributed by atoms with van der Waals surface area (Å²) in [5.41, 5.74) is 0. The molecule has 0 aromatic rings. The van der Waals surface area contributed by atoms with Crippen molar-refractivity contribution in [2.75, 3.05) is 6.61 Å². The zero-order valence-corrected chi connectivity index (χ0v) is 7.36. The third-order valence-electron chi connectivity index (χ3n) is 0.987. The summed E-state index contributed by atoms with van der Waals surface area (Å²) in [7, 11) is 0. The largest absolute Gasteiger partial charge is 0.320 e. The lowest BCUT2D eigenvalue weighted by Crippen LogP contribution is -2.16. The van der Waals surface area contributed by atoms with Gasteiger partial charge in [-0.3, -0.25) is 0 Å². The number of hydrogen-bond donors (Lipinski definition) is 2. The van der Waals surface area contributed by atoms with Crippen LogP contribution < -0.4 is 5.90 Å². The Morgan fingerprint density at radius 2 is 1.86 bits per heavy atom. The molecular formula is C4H11N3O7. The van der Waals surface area contributed by atoms with Crippen LogP contribution in [0.15, 0.2) is 0 Å². The maximum absolute atomic E-state index is 9.72. The molecule has 0 bridgehead atoms. The van der Waals surface area contributed by atoms with Gasteiger partial charge in [0.25, 0.3) is 10.2 Å². The van der Waals surface area contributed by atoms with Crippen molar-refractivity contribution in [1.82, 2.24) is 0 Å². The molecule has 14 heavy (non-hydrogen) atoms. The molecule has 0 aliphatic heterocycles. The quantitative estimate of drug-likeness (QED) is 0.443. The third kappa shape index (κ3) is 12.9. The highest BCUT2D eigenvalue weighted by molar-refractivity contribution is 4.43. The molecule has 0 fully saturated rings. The normalized spacial score (nSPS) is 10.5. The van der Waals surface area contributed by atoms with Gasteiger partial charge in [0.15, 0.2) is 0 Å². The van der Waals surface area contributed by atoms with Gasteiger partial charge in [-0.25, -0.2) is 5.90 Å². The standard InChI is InChI=1S/C4H8N2O6.H3NO/c1-4(12-6(9)10)2-3-11-5(7)8;1-2/h4H,2-3H2,1H3;2H,1H2. The summed E-state index contributed by atoms with van der Waals surface area (Å²) in [5.74, 6) is 3.50. The number of nitrogens with zero attached hydrogens (tertiary/aromatic N) is 2. The average Bonchev–Trinajstić information content (AvgIpc) is 2.05. The zero-order valence-electron chi connectivity index (χ0n) is 7.36. The average molecular weight is 213 g/mol. The van der Waals surface area contributed by atoms with Gasteiger partial charge in [-0.05, 0) is 13.3 Å². The molecular weight excluding hydrogens is 202 g/mol. The Bertz CT molecular complexity index is 174. The summed E-state index contributed by atoms with van der Waals surface area (Å²) in [6.07, 6.45) is -0.595. The molecule has 0 amide bonds. The van der Waals surface area contributed by atoms with Crippen LogP contribution >= 0.6 is 0 Å². The molecule has 0 radical (unpaired) electrons. The summed E-state index contributed by atoms with van der Waals surface area (Å²) in [4.78, 5) is 27.3. The fraction of sp³-hybridized carbons (Fsp3) is 1.00. The molecule has 1 atom stereocenters. The van der Waals surface area contributed by atoms with Crippen molar-refractivity contribution in [3.63, 3.8) is 0 Å². The van der Waals surface area contributed by atoms with Crippen molar-refractivity contribution in [3.05, 3.63) is 20.2 Å². The van der Waals surface area contributed by atoms with E-state index in [4.69, 9.17) is 5.21 Å². The molecule has 84 valence electrons.